The van der Waals surface area contributed by atoms with Gasteiger partial charge in [0.15, 0.2) is 5.69 Å². The van der Waals surface area contributed by atoms with Crippen LogP contribution in [-0.4, -0.2) is 51.1 Å². The van der Waals surface area contributed by atoms with Crippen molar-refractivity contribution in [3.8, 4) is 0 Å². The van der Waals surface area contributed by atoms with E-state index in [-0.39, 0.29) is 18.3 Å². The monoisotopic (exact) mass is 335 g/mol. The summed E-state index contributed by atoms with van der Waals surface area (Å²) >= 11 is 0. The lowest BCUT2D eigenvalue weighted by atomic mass is 9.92. The number of aliphatic hydroxyl groups excluding tert-OH is 2. The van der Waals surface area contributed by atoms with E-state index in [9.17, 15) is 23.4 Å². The van der Waals surface area contributed by atoms with E-state index in [0.29, 0.717) is 12.6 Å². The van der Waals surface area contributed by atoms with E-state index in [1.165, 1.54) is 0 Å². The largest absolute Gasteiger partial charge is 0.434 e. The van der Waals surface area contributed by atoms with Crippen molar-refractivity contribution in [1.29, 1.82) is 0 Å². The van der Waals surface area contributed by atoms with Crippen LogP contribution < -0.4 is 5.32 Å². The van der Waals surface area contributed by atoms with Gasteiger partial charge in [0.1, 0.15) is 18.0 Å². The number of rotatable bonds is 4. The molecule has 1 fully saturated rings. The lowest BCUT2D eigenvalue weighted by Gasteiger charge is -2.38. The maximum atomic E-state index is 12.6. The highest BCUT2D eigenvalue weighted by atomic mass is 19.4. The van der Waals surface area contributed by atoms with E-state index >= 15 is 0 Å². The summed E-state index contributed by atoms with van der Waals surface area (Å²) < 4.78 is 43.4. The molecule has 6 nitrogen and oxygen atoms in total. The fraction of sp³-hybridized carbons (Fsp3) is 0.714. The molecule has 0 aliphatic carbocycles. The van der Waals surface area contributed by atoms with Crippen molar-refractivity contribution in [2.45, 2.75) is 50.8 Å². The van der Waals surface area contributed by atoms with E-state index in [0.717, 1.165) is 6.20 Å². The number of nitrogens with zero attached hydrogens (tertiary/aromatic N) is 2. The van der Waals surface area contributed by atoms with Crippen molar-refractivity contribution in [2.75, 3.05) is 11.9 Å². The molecule has 0 saturated carbocycles. The van der Waals surface area contributed by atoms with Crippen LogP contribution in [0.1, 0.15) is 26.0 Å². The van der Waals surface area contributed by atoms with Crippen LogP contribution in [0.4, 0.5) is 19.0 Å². The minimum atomic E-state index is -4.60. The fourth-order valence-corrected chi connectivity index (χ4v) is 2.44. The first-order valence-corrected chi connectivity index (χ1v) is 7.32. The van der Waals surface area contributed by atoms with E-state index < -0.39 is 36.2 Å². The molecule has 0 radical (unpaired) electrons. The highest BCUT2D eigenvalue weighted by Gasteiger charge is 2.39. The van der Waals surface area contributed by atoms with E-state index in [4.69, 9.17) is 4.74 Å². The van der Waals surface area contributed by atoms with Crippen LogP contribution in [0.3, 0.4) is 0 Å². The standard InChI is InChI=1S/C14H20F3N3O3/c1-7(2)3-9-13(22)12(21)8(6-23-9)19-11-5-18-4-10(20-11)14(15,16)17/h4-5,7-9,12-13,21-22H,3,6H2,1-2H3,(H,19,20)/t8-,9+,12+,13-/m0/s1. The predicted molar refractivity (Wildman–Crippen MR) is 75.7 cm³/mol. The molecule has 4 atom stereocenters. The molecular formula is C14H20F3N3O3. The Morgan fingerprint density at radius 1 is 1.30 bits per heavy atom. The van der Waals surface area contributed by atoms with Gasteiger partial charge in [-0.25, -0.2) is 4.98 Å². The van der Waals surface area contributed by atoms with Crippen LogP contribution >= 0.6 is 0 Å². The third-order valence-electron chi connectivity index (χ3n) is 3.59. The Hall–Kier alpha value is -1.45. The van der Waals surface area contributed by atoms with Crippen molar-refractivity contribution in [2.24, 2.45) is 5.92 Å². The quantitative estimate of drug-likeness (QED) is 0.772. The molecule has 0 bridgehead atoms. The lowest BCUT2D eigenvalue weighted by molar-refractivity contribution is -0.145. The first kappa shape index (κ1) is 17.9. The summed E-state index contributed by atoms with van der Waals surface area (Å²) in [6.07, 6.45) is -5.09. The second-order valence-electron chi connectivity index (χ2n) is 6.02. The van der Waals surface area contributed by atoms with Crippen LogP contribution in [0.15, 0.2) is 12.4 Å². The molecular weight excluding hydrogens is 315 g/mol. The number of aliphatic hydroxyl groups is 2. The highest BCUT2D eigenvalue weighted by Crippen LogP contribution is 2.28. The Kier molecular flexibility index (Phi) is 5.43. The number of anilines is 1. The van der Waals surface area contributed by atoms with Gasteiger partial charge >= 0.3 is 6.18 Å². The number of halogens is 3. The maximum Gasteiger partial charge on any atom is 0.434 e. The number of nitrogens with one attached hydrogen (secondary N) is 1. The fourth-order valence-electron chi connectivity index (χ4n) is 2.44. The number of alkyl halides is 3. The van der Waals surface area contributed by atoms with Crippen molar-refractivity contribution in [3.05, 3.63) is 18.1 Å². The Morgan fingerprint density at radius 3 is 2.61 bits per heavy atom. The summed E-state index contributed by atoms with van der Waals surface area (Å²) in [7, 11) is 0. The second-order valence-corrected chi connectivity index (χ2v) is 6.02. The molecule has 3 N–H and O–H groups in total. The molecule has 2 rings (SSSR count). The number of ether oxygens (including phenoxy) is 1. The average molecular weight is 335 g/mol. The smallest absolute Gasteiger partial charge is 0.388 e. The second kappa shape index (κ2) is 6.98. The average Bonchev–Trinajstić information content (AvgIpc) is 2.46. The Labute approximate surface area is 131 Å². The van der Waals surface area contributed by atoms with Gasteiger partial charge in [-0.1, -0.05) is 13.8 Å². The zero-order valence-electron chi connectivity index (χ0n) is 12.8. The minimum absolute atomic E-state index is 0.0491. The van der Waals surface area contributed by atoms with Gasteiger partial charge in [0.25, 0.3) is 0 Å². The molecule has 0 aromatic carbocycles. The number of hydrogen-bond donors (Lipinski definition) is 3. The lowest BCUT2D eigenvalue weighted by Crippen LogP contribution is -2.56. The van der Waals surface area contributed by atoms with E-state index in [2.05, 4.69) is 15.3 Å². The molecule has 1 aliphatic rings. The summed E-state index contributed by atoms with van der Waals surface area (Å²) in [6.45, 7) is 3.98. The SMILES string of the molecule is CC(C)C[C@H]1OC[C@H](Nc2cncc(C(F)(F)F)n2)[C@@H](O)[C@H]1O. The predicted octanol–water partition coefficient (Wildman–Crippen LogP) is 1.44. The summed E-state index contributed by atoms with van der Waals surface area (Å²) in [5, 5.41) is 22.9. The van der Waals surface area contributed by atoms with Crippen molar-refractivity contribution in [3.63, 3.8) is 0 Å². The van der Waals surface area contributed by atoms with Gasteiger partial charge in [-0.2, -0.15) is 13.2 Å². The molecule has 1 aliphatic heterocycles. The maximum absolute atomic E-state index is 12.6. The van der Waals surface area contributed by atoms with Crippen LogP contribution in [0.5, 0.6) is 0 Å². The third kappa shape index (κ3) is 4.52. The normalized spacial score (nSPS) is 28.9. The molecule has 9 heteroatoms. The topological polar surface area (TPSA) is 87.5 Å². The molecule has 0 unspecified atom stereocenters. The van der Waals surface area contributed by atoms with Crippen LogP contribution in [0, 0.1) is 5.92 Å². The molecule has 0 amide bonds. The minimum Gasteiger partial charge on any atom is -0.388 e. The summed E-state index contributed by atoms with van der Waals surface area (Å²) in [5.74, 6) is 0.141. The molecule has 2 heterocycles. The molecule has 130 valence electrons. The Morgan fingerprint density at radius 2 is 2.00 bits per heavy atom. The summed E-state index contributed by atoms with van der Waals surface area (Å²) in [6, 6.07) is -0.772. The number of hydrogen-bond acceptors (Lipinski definition) is 6. The van der Waals surface area contributed by atoms with Crippen LogP contribution in [0.2, 0.25) is 0 Å². The van der Waals surface area contributed by atoms with Gasteiger partial charge in [0.2, 0.25) is 0 Å². The zero-order valence-corrected chi connectivity index (χ0v) is 12.8. The van der Waals surface area contributed by atoms with Gasteiger partial charge in [0, 0.05) is 0 Å². The summed E-state index contributed by atoms with van der Waals surface area (Å²) in [5.41, 5.74) is -1.13. The highest BCUT2D eigenvalue weighted by molar-refractivity contribution is 5.34. The summed E-state index contributed by atoms with van der Waals surface area (Å²) in [4.78, 5) is 6.90. The Bertz CT molecular complexity index is 527. The van der Waals surface area contributed by atoms with Gasteiger partial charge in [-0.15, -0.1) is 0 Å². The van der Waals surface area contributed by atoms with E-state index in [1.807, 2.05) is 13.8 Å². The van der Waals surface area contributed by atoms with Gasteiger partial charge in [-0.3, -0.25) is 4.98 Å². The molecule has 1 aromatic rings. The van der Waals surface area contributed by atoms with Crippen LogP contribution in [-0.2, 0) is 10.9 Å². The van der Waals surface area contributed by atoms with E-state index in [1.54, 1.807) is 0 Å². The Balaban J connectivity index is 2.04. The van der Waals surface area contributed by atoms with Crippen molar-refractivity contribution in [1.82, 2.24) is 9.97 Å². The van der Waals surface area contributed by atoms with Crippen LogP contribution in [0.25, 0.3) is 0 Å². The van der Waals surface area contributed by atoms with Crippen molar-refractivity contribution >= 4 is 5.82 Å². The first-order chi connectivity index (χ1) is 10.7. The molecule has 1 saturated heterocycles. The third-order valence-corrected chi connectivity index (χ3v) is 3.59. The van der Waals surface area contributed by atoms with Gasteiger partial charge < -0.3 is 20.3 Å². The number of aromatic nitrogens is 2. The molecule has 23 heavy (non-hydrogen) atoms. The van der Waals surface area contributed by atoms with Crippen molar-refractivity contribution < 1.29 is 28.1 Å². The molecule has 0 spiro atoms. The first-order valence-electron chi connectivity index (χ1n) is 7.32. The van der Waals surface area contributed by atoms with Gasteiger partial charge in [-0.05, 0) is 12.3 Å². The zero-order chi connectivity index (χ0) is 17.2. The van der Waals surface area contributed by atoms with Gasteiger partial charge in [0.05, 0.1) is 31.1 Å². The molecule has 1 aromatic heterocycles.